The monoisotopic (exact) mass is 159 g/mol. The number of Topliss-reactive ketones (excluding diaryl/α,β-unsaturated/α-hetero) is 1. The maximum absolute atomic E-state index is 10.7. The highest BCUT2D eigenvalue weighted by Gasteiger charge is 1.99. The summed E-state index contributed by atoms with van der Waals surface area (Å²) in [6, 6.07) is 0. The Morgan fingerprint density at radius 3 is 2.36 bits per heavy atom. The molecule has 0 aliphatic carbocycles. The minimum absolute atomic E-state index is 0. The Labute approximate surface area is 68.7 Å². The van der Waals surface area contributed by atoms with Gasteiger partial charge >= 0.3 is 0 Å². The molecular weight excluding hydrogens is 142 g/mol. The molecule has 0 saturated carbocycles. The lowest BCUT2D eigenvalue weighted by Crippen LogP contribution is -2.24. The van der Waals surface area contributed by atoms with E-state index in [1.807, 2.05) is 6.92 Å². The van der Waals surface area contributed by atoms with Crippen LogP contribution in [-0.4, -0.2) is 18.2 Å². The van der Waals surface area contributed by atoms with Crippen LogP contribution < -0.4 is 5.32 Å². The van der Waals surface area contributed by atoms with Crippen LogP contribution in [0.25, 0.3) is 0 Å². The first-order valence-corrected chi connectivity index (χ1v) is 3.99. The fraction of sp³-hybridized carbons (Fsp3) is 0.750. The molecule has 0 rings (SSSR count). The van der Waals surface area contributed by atoms with Crippen LogP contribution in [0.4, 0.5) is 0 Å². The Bertz CT molecular complexity index is 132. The van der Waals surface area contributed by atoms with E-state index in [2.05, 4.69) is 5.32 Å². The molecule has 0 bridgehead atoms. The summed E-state index contributed by atoms with van der Waals surface area (Å²) >= 11 is 0. The van der Waals surface area contributed by atoms with Gasteiger partial charge in [-0.3, -0.25) is 9.59 Å². The van der Waals surface area contributed by atoms with Gasteiger partial charge in [0, 0.05) is 27.2 Å². The van der Waals surface area contributed by atoms with Gasteiger partial charge in [0.05, 0.1) is 0 Å². The van der Waals surface area contributed by atoms with E-state index in [0.29, 0.717) is 25.8 Å². The number of carbonyl (C=O) groups excluding carboxylic acids is 2. The summed E-state index contributed by atoms with van der Waals surface area (Å²) < 4.78 is 0. The fourth-order valence-corrected chi connectivity index (χ4v) is 0.643. The molecular formula is C8H17NO2. The largest absolute Gasteiger partial charge is 0.356 e. The predicted molar refractivity (Wildman–Crippen MR) is 45.3 cm³/mol. The third-order valence-electron chi connectivity index (χ3n) is 1.44. The molecule has 66 valence electrons. The third kappa shape index (κ3) is 5.58. The average molecular weight is 159 g/mol. The average Bonchev–Trinajstić information content (AvgIpc) is 2.04. The van der Waals surface area contributed by atoms with Crippen molar-refractivity contribution in [2.75, 3.05) is 6.54 Å². The van der Waals surface area contributed by atoms with Crippen molar-refractivity contribution < 1.29 is 11.0 Å². The second-order valence-electron chi connectivity index (χ2n) is 2.35. The number of hydrogen-bond donors (Lipinski definition) is 1. The van der Waals surface area contributed by atoms with Crippen molar-refractivity contribution in [3.8, 4) is 0 Å². The molecule has 0 unspecified atom stereocenters. The molecule has 0 radical (unpaired) electrons. The second-order valence-corrected chi connectivity index (χ2v) is 2.35. The molecule has 1 N–H and O–H groups in total. The Kier molecular flexibility index (Phi) is 5.43. The van der Waals surface area contributed by atoms with Crippen LogP contribution in [-0.2, 0) is 9.59 Å². The van der Waals surface area contributed by atoms with Crippen LogP contribution >= 0.6 is 0 Å². The Morgan fingerprint density at radius 1 is 1.27 bits per heavy atom. The van der Waals surface area contributed by atoms with Crippen molar-refractivity contribution >= 4 is 11.7 Å². The molecule has 0 aromatic heterocycles. The van der Waals surface area contributed by atoms with E-state index in [-0.39, 0.29) is 13.1 Å². The van der Waals surface area contributed by atoms with Gasteiger partial charge in [-0.1, -0.05) is 13.8 Å². The number of nitrogens with one attached hydrogen (secondary N) is 1. The Hall–Kier alpha value is -0.860. The molecule has 0 aromatic rings. The topological polar surface area (TPSA) is 46.2 Å². The Balaban J connectivity index is 0. The zero-order valence-electron chi connectivity index (χ0n) is 7.14. The number of rotatable bonds is 5. The standard InChI is InChI=1S/C8H15NO2.H2/c1-3-7(10)5-6-9-8(11)4-2;/h3-6H2,1-2H3,(H,9,11);1H. The van der Waals surface area contributed by atoms with Crippen molar-refractivity contribution in [2.24, 2.45) is 0 Å². The van der Waals surface area contributed by atoms with Crippen molar-refractivity contribution in [1.82, 2.24) is 5.32 Å². The Morgan fingerprint density at radius 2 is 1.91 bits per heavy atom. The molecule has 0 spiro atoms. The minimum Gasteiger partial charge on any atom is -0.356 e. The van der Waals surface area contributed by atoms with Crippen LogP contribution in [0.15, 0.2) is 0 Å². The summed E-state index contributed by atoms with van der Waals surface area (Å²) in [5.41, 5.74) is 0. The zero-order chi connectivity index (χ0) is 8.69. The van der Waals surface area contributed by atoms with Crippen molar-refractivity contribution in [2.45, 2.75) is 33.1 Å². The van der Waals surface area contributed by atoms with Crippen LogP contribution in [0, 0.1) is 0 Å². The molecule has 0 fully saturated rings. The minimum atomic E-state index is 0. The van der Waals surface area contributed by atoms with Gasteiger partial charge in [-0.25, -0.2) is 0 Å². The molecule has 3 heteroatoms. The zero-order valence-corrected chi connectivity index (χ0v) is 7.14. The normalized spacial score (nSPS) is 9.27. The van der Waals surface area contributed by atoms with E-state index in [1.165, 1.54) is 0 Å². The lowest BCUT2D eigenvalue weighted by atomic mass is 10.2. The molecule has 0 aliphatic rings. The maximum Gasteiger partial charge on any atom is 0.219 e. The molecule has 0 aromatic carbocycles. The first-order valence-electron chi connectivity index (χ1n) is 3.99. The molecule has 0 atom stereocenters. The van der Waals surface area contributed by atoms with Gasteiger partial charge in [0.25, 0.3) is 0 Å². The summed E-state index contributed by atoms with van der Waals surface area (Å²) in [5, 5.41) is 2.64. The van der Waals surface area contributed by atoms with Gasteiger partial charge in [0.1, 0.15) is 5.78 Å². The molecule has 3 nitrogen and oxygen atoms in total. The van der Waals surface area contributed by atoms with Gasteiger partial charge in [-0.05, 0) is 0 Å². The summed E-state index contributed by atoms with van der Waals surface area (Å²) in [7, 11) is 0. The highest BCUT2D eigenvalue weighted by atomic mass is 16.1. The van der Waals surface area contributed by atoms with E-state index in [4.69, 9.17) is 0 Å². The number of hydrogen-bond acceptors (Lipinski definition) is 2. The van der Waals surface area contributed by atoms with Crippen molar-refractivity contribution in [1.29, 1.82) is 0 Å². The van der Waals surface area contributed by atoms with E-state index < -0.39 is 0 Å². The maximum atomic E-state index is 10.7. The number of amides is 1. The summed E-state index contributed by atoms with van der Waals surface area (Å²) in [6.07, 6.45) is 1.50. The van der Waals surface area contributed by atoms with Crippen molar-refractivity contribution in [3.63, 3.8) is 0 Å². The van der Waals surface area contributed by atoms with Crippen molar-refractivity contribution in [3.05, 3.63) is 0 Å². The van der Waals surface area contributed by atoms with Crippen LogP contribution in [0.5, 0.6) is 0 Å². The van der Waals surface area contributed by atoms with E-state index in [1.54, 1.807) is 6.92 Å². The summed E-state index contributed by atoms with van der Waals surface area (Å²) in [4.78, 5) is 21.4. The summed E-state index contributed by atoms with van der Waals surface area (Å²) in [5.74, 6) is 0.204. The highest BCUT2D eigenvalue weighted by Crippen LogP contribution is 1.86. The molecule has 11 heavy (non-hydrogen) atoms. The number of carbonyl (C=O) groups is 2. The lowest BCUT2D eigenvalue weighted by molar-refractivity contribution is -0.121. The van der Waals surface area contributed by atoms with E-state index >= 15 is 0 Å². The van der Waals surface area contributed by atoms with Crippen LogP contribution in [0.1, 0.15) is 34.5 Å². The van der Waals surface area contributed by atoms with Gasteiger partial charge in [0.2, 0.25) is 5.91 Å². The lowest BCUT2D eigenvalue weighted by Gasteiger charge is -2.00. The fourth-order valence-electron chi connectivity index (χ4n) is 0.643. The van der Waals surface area contributed by atoms with Crippen LogP contribution in [0.3, 0.4) is 0 Å². The van der Waals surface area contributed by atoms with Gasteiger partial charge in [-0.2, -0.15) is 0 Å². The van der Waals surface area contributed by atoms with Gasteiger partial charge in [-0.15, -0.1) is 0 Å². The quantitative estimate of drug-likeness (QED) is 0.653. The highest BCUT2D eigenvalue weighted by molar-refractivity contribution is 5.79. The number of ketones is 1. The molecule has 0 heterocycles. The van der Waals surface area contributed by atoms with Gasteiger partial charge < -0.3 is 5.32 Å². The molecule has 0 aliphatic heterocycles. The SMILES string of the molecule is CCC(=O)CCNC(=O)CC.[HH]. The first-order chi connectivity index (χ1) is 5.20. The van der Waals surface area contributed by atoms with E-state index in [9.17, 15) is 9.59 Å². The molecule has 0 saturated heterocycles. The second kappa shape index (κ2) is 5.89. The van der Waals surface area contributed by atoms with E-state index in [0.717, 1.165) is 0 Å². The van der Waals surface area contributed by atoms with Gasteiger partial charge in [0.15, 0.2) is 0 Å². The summed E-state index contributed by atoms with van der Waals surface area (Å²) in [6.45, 7) is 4.10. The predicted octanol–water partition coefficient (Wildman–Crippen LogP) is 1.13. The molecule has 1 amide bonds. The third-order valence-corrected chi connectivity index (χ3v) is 1.44. The van der Waals surface area contributed by atoms with Crippen LogP contribution in [0.2, 0.25) is 0 Å². The first kappa shape index (κ1) is 10.1. The smallest absolute Gasteiger partial charge is 0.219 e.